The van der Waals surface area contributed by atoms with Gasteiger partial charge in [-0.2, -0.15) is 0 Å². The van der Waals surface area contributed by atoms with Crippen molar-refractivity contribution in [1.29, 1.82) is 0 Å². The molecule has 0 spiro atoms. The largest absolute Gasteiger partial charge is 0.496 e. The number of nitrogens with two attached hydrogens (primary N) is 1. The molecule has 0 radical (unpaired) electrons. The van der Waals surface area contributed by atoms with Crippen molar-refractivity contribution in [1.82, 2.24) is 4.90 Å². The van der Waals surface area contributed by atoms with Gasteiger partial charge in [-0.1, -0.05) is 15.9 Å². The van der Waals surface area contributed by atoms with Gasteiger partial charge in [0.15, 0.2) is 0 Å². The number of likely N-dealkylation sites (tertiary alicyclic amines) is 1. The van der Waals surface area contributed by atoms with Crippen LogP contribution in [0.3, 0.4) is 0 Å². The Morgan fingerprint density at radius 2 is 2.29 bits per heavy atom. The summed E-state index contributed by atoms with van der Waals surface area (Å²) in [5.74, 6) is 0.771. The molecule has 5 heteroatoms. The van der Waals surface area contributed by atoms with Crippen LogP contribution in [-0.2, 0) is 4.79 Å². The molecule has 1 aliphatic heterocycles. The number of methoxy groups -OCH3 is 1. The van der Waals surface area contributed by atoms with Gasteiger partial charge in [0.1, 0.15) is 5.75 Å². The van der Waals surface area contributed by atoms with Crippen molar-refractivity contribution in [2.24, 2.45) is 5.73 Å². The number of halogens is 1. The second kappa shape index (κ2) is 7.09. The molecule has 1 saturated heterocycles. The highest BCUT2D eigenvalue weighted by molar-refractivity contribution is 9.10. The van der Waals surface area contributed by atoms with Crippen molar-refractivity contribution in [2.75, 3.05) is 13.7 Å². The summed E-state index contributed by atoms with van der Waals surface area (Å²) >= 11 is 3.43. The van der Waals surface area contributed by atoms with Crippen LogP contribution in [0.1, 0.15) is 25.3 Å². The van der Waals surface area contributed by atoms with Crippen molar-refractivity contribution >= 4 is 27.9 Å². The molecular weight excluding hydrogens is 332 g/mol. The fraction of sp³-hybridized carbons (Fsp3) is 0.438. The molecule has 114 valence electrons. The van der Waals surface area contributed by atoms with Gasteiger partial charge in [0.2, 0.25) is 5.91 Å². The molecule has 1 aromatic rings. The number of hydrogen-bond donors (Lipinski definition) is 1. The maximum atomic E-state index is 12.3. The third kappa shape index (κ3) is 4.08. The summed E-state index contributed by atoms with van der Waals surface area (Å²) in [6.45, 7) is 2.77. The normalized spacial score (nSPS) is 22.6. The Bertz CT molecular complexity index is 545. The monoisotopic (exact) mass is 352 g/mol. The van der Waals surface area contributed by atoms with Gasteiger partial charge in [0.05, 0.1) is 7.11 Å². The average Bonchev–Trinajstić information content (AvgIpc) is 2.45. The third-order valence-corrected chi connectivity index (χ3v) is 4.29. The van der Waals surface area contributed by atoms with Gasteiger partial charge in [-0.25, -0.2) is 0 Å². The molecule has 2 unspecified atom stereocenters. The van der Waals surface area contributed by atoms with E-state index >= 15 is 0 Å². The molecule has 0 bridgehead atoms. The summed E-state index contributed by atoms with van der Waals surface area (Å²) < 4.78 is 6.25. The van der Waals surface area contributed by atoms with Gasteiger partial charge >= 0.3 is 0 Å². The maximum absolute atomic E-state index is 12.3. The minimum atomic E-state index is 0.0245. The fourth-order valence-corrected chi connectivity index (χ4v) is 3.01. The lowest BCUT2D eigenvalue weighted by atomic mass is 9.99. The predicted molar refractivity (Wildman–Crippen MR) is 88.1 cm³/mol. The zero-order chi connectivity index (χ0) is 15.4. The van der Waals surface area contributed by atoms with Crippen molar-refractivity contribution in [2.45, 2.75) is 31.8 Å². The highest BCUT2D eigenvalue weighted by atomic mass is 79.9. The van der Waals surface area contributed by atoms with E-state index in [0.29, 0.717) is 0 Å². The minimum Gasteiger partial charge on any atom is -0.496 e. The van der Waals surface area contributed by atoms with E-state index in [-0.39, 0.29) is 18.0 Å². The Kier molecular flexibility index (Phi) is 5.42. The van der Waals surface area contributed by atoms with Crippen molar-refractivity contribution in [3.8, 4) is 5.75 Å². The molecule has 4 nitrogen and oxygen atoms in total. The number of nitrogens with zero attached hydrogens (tertiary/aromatic N) is 1. The van der Waals surface area contributed by atoms with Crippen LogP contribution < -0.4 is 10.5 Å². The first-order valence-electron chi connectivity index (χ1n) is 7.09. The fourth-order valence-electron chi connectivity index (χ4n) is 2.63. The Labute approximate surface area is 134 Å². The molecular formula is C16H21BrN2O2. The smallest absolute Gasteiger partial charge is 0.246 e. The van der Waals surface area contributed by atoms with Gasteiger partial charge in [-0.3, -0.25) is 4.79 Å². The molecule has 2 atom stereocenters. The van der Waals surface area contributed by atoms with E-state index in [9.17, 15) is 4.79 Å². The number of amides is 1. The van der Waals surface area contributed by atoms with E-state index in [1.807, 2.05) is 30.0 Å². The summed E-state index contributed by atoms with van der Waals surface area (Å²) in [5, 5.41) is 0. The van der Waals surface area contributed by atoms with Crippen LogP contribution in [0.25, 0.3) is 6.08 Å². The number of benzene rings is 1. The first-order valence-corrected chi connectivity index (χ1v) is 7.88. The Morgan fingerprint density at radius 1 is 1.52 bits per heavy atom. The predicted octanol–water partition coefficient (Wildman–Crippen LogP) is 2.81. The molecule has 1 amide bonds. The highest BCUT2D eigenvalue weighted by Crippen LogP contribution is 2.24. The van der Waals surface area contributed by atoms with Gasteiger partial charge in [-0.05, 0) is 44.0 Å². The van der Waals surface area contributed by atoms with Crippen LogP contribution in [0, 0.1) is 0 Å². The summed E-state index contributed by atoms with van der Waals surface area (Å²) in [6, 6.07) is 6.11. The lowest BCUT2D eigenvalue weighted by molar-refractivity contribution is -0.129. The topological polar surface area (TPSA) is 55.6 Å². The molecule has 1 aromatic carbocycles. The molecule has 1 aliphatic rings. The van der Waals surface area contributed by atoms with E-state index < -0.39 is 0 Å². The number of carbonyl (C=O) groups is 1. The summed E-state index contributed by atoms with van der Waals surface area (Å²) in [7, 11) is 1.62. The van der Waals surface area contributed by atoms with Gasteiger partial charge in [0.25, 0.3) is 0 Å². The summed E-state index contributed by atoms with van der Waals surface area (Å²) in [6.07, 6.45) is 5.13. The lowest BCUT2D eigenvalue weighted by Crippen LogP contribution is -2.47. The second-order valence-corrected chi connectivity index (χ2v) is 6.30. The standard InChI is InChI=1S/C16H21BrN2O2/c1-11-9-14(18)7-8-19(11)16(20)6-3-12-10-13(17)4-5-15(12)21-2/h3-6,10-11,14H,7-9,18H2,1-2H3/b6-3+. The van der Waals surface area contributed by atoms with Crippen molar-refractivity contribution in [3.05, 3.63) is 34.3 Å². The van der Waals surface area contributed by atoms with Crippen LogP contribution in [0.2, 0.25) is 0 Å². The van der Waals surface area contributed by atoms with Crippen LogP contribution >= 0.6 is 15.9 Å². The summed E-state index contributed by atoms with van der Waals surface area (Å²) in [5.41, 5.74) is 6.81. The average molecular weight is 353 g/mol. The SMILES string of the molecule is COc1ccc(Br)cc1/C=C/C(=O)N1CCC(N)CC1C. The van der Waals surface area contributed by atoms with Crippen molar-refractivity contribution in [3.63, 3.8) is 0 Å². The molecule has 2 N–H and O–H groups in total. The van der Waals surface area contributed by atoms with Gasteiger partial charge in [-0.15, -0.1) is 0 Å². The molecule has 1 fully saturated rings. The maximum Gasteiger partial charge on any atom is 0.246 e. The quantitative estimate of drug-likeness (QED) is 0.851. The van der Waals surface area contributed by atoms with Gasteiger partial charge < -0.3 is 15.4 Å². The Balaban J connectivity index is 2.10. The molecule has 1 heterocycles. The third-order valence-electron chi connectivity index (χ3n) is 3.80. The molecule has 2 rings (SSSR count). The van der Waals surface area contributed by atoms with E-state index in [0.717, 1.165) is 35.2 Å². The first kappa shape index (κ1) is 16.0. The van der Waals surface area contributed by atoms with Crippen LogP contribution in [0.15, 0.2) is 28.7 Å². The van der Waals surface area contributed by atoms with Crippen LogP contribution in [0.4, 0.5) is 0 Å². The second-order valence-electron chi connectivity index (χ2n) is 5.38. The molecule has 0 saturated carbocycles. The number of carbonyl (C=O) groups excluding carboxylic acids is 1. The van der Waals surface area contributed by atoms with E-state index in [1.165, 1.54) is 0 Å². The molecule has 0 aromatic heterocycles. The Morgan fingerprint density at radius 3 is 2.95 bits per heavy atom. The zero-order valence-corrected chi connectivity index (χ0v) is 14.0. The Hall–Kier alpha value is -1.33. The van der Waals surface area contributed by atoms with E-state index in [4.69, 9.17) is 10.5 Å². The highest BCUT2D eigenvalue weighted by Gasteiger charge is 2.25. The number of piperidine rings is 1. The molecule has 21 heavy (non-hydrogen) atoms. The first-order chi connectivity index (χ1) is 10.0. The number of rotatable bonds is 3. The number of ether oxygens (including phenoxy) is 1. The summed E-state index contributed by atoms with van der Waals surface area (Å²) in [4.78, 5) is 14.2. The zero-order valence-electron chi connectivity index (χ0n) is 12.4. The van der Waals surface area contributed by atoms with E-state index in [2.05, 4.69) is 15.9 Å². The van der Waals surface area contributed by atoms with Crippen LogP contribution in [-0.4, -0.2) is 36.5 Å². The van der Waals surface area contributed by atoms with Crippen LogP contribution in [0.5, 0.6) is 5.75 Å². The van der Waals surface area contributed by atoms with Crippen molar-refractivity contribution < 1.29 is 9.53 Å². The van der Waals surface area contributed by atoms with E-state index in [1.54, 1.807) is 19.3 Å². The lowest BCUT2D eigenvalue weighted by Gasteiger charge is -2.35. The minimum absolute atomic E-state index is 0.0245. The number of hydrogen-bond acceptors (Lipinski definition) is 3. The molecule has 0 aliphatic carbocycles. The van der Waals surface area contributed by atoms with Gasteiger partial charge in [0, 0.05) is 34.7 Å².